The van der Waals surface area contributed by atoms with E-state index in [2.05, 4.69) is 10.2 Å². The Morgan fingerprint density at radius 3 is 2.83 bits per heavy atom. The molecule has 0 unspecified atom stereocenters. The number of amides is 1. The third kappa shape index (κ3) is 3.68. The van der Waals surface area contributed by atoms with Crippen molar-refractivity contribution in [1.29, 1.82) is 0 Å². The van der Waals surface area contributed by atoms with Crippen molar-refractivity contribution in [3.8, 4) is 0 Å². The van der Waals surface area contributed by atoms with Gasteiger partial charge < -0.3 is 10.2 Å². The molecule has 18 heavy (non-hydrogen) atoms. The summed E-state index contributed by atoms with van der Waals surface area (Å²) in [7, 11) is 1.85. The lowest BCUT2D eigenvalue weighted by Crippen LogP contribution is -2.46. The van der Waals surface area contributed by atoms with Gasteiger partial charge in [-0.25, -0.2) is 0 Å². The van der Waals surface area contributed by atoms with Crippen LogP contribution < -0.4 is 5.32 Å². The number of nitrogens with one attached hydrogen (secondary N) is 1. The van der Waals surface area contributed by atoms with E-state index in [0.717, 1.165) is 39.3 Å². The number of thiophene rings is 1. The fraction of sp³-hybridized carbons (Fsp3) is 0.583. The second-order valence-corrected chi connectivity index (χ2v) is 6.14. The summed E-state index contributed by atoms with van der Waals surface area (Å²) < 4.78 is 0.661. The van der Waals surface area contributed by atoms with Gasteiger partial charge >= 0.3 is 0 Å². The summed E-state index contributed by atoms with van der Waals surface area (Å²) in [4.78, 5) is 16.9. The number of halogens is 1. The topological polar surface area (TPSA) is 35.6 Å². The average molecular weight is 288 g/mol. The molecule has 4 nitrogen and oxygen atoms in total. The normalized spacial score (nSPS) is 16.8. The van der Waals surface area contributed by atoms with Crippen molar-refractivity contribution >= 4 is 28.8 Å². The lowest BCUT2D eigenvalue weighted by atomic mass is 10.3. The molecule has 0 bridgehead atoms. The van der Waals surface area contributed by atoms with E-state index in [1.807, 2.05) is 7.05 Å². The first kappa shape index (κ1) is 13.8. The smallest absolute Gasteiger partial charge is 0.263 e. The molecule has 0 spiro atoms. The van der Waals surface area contributed by atoms with Gasteiger partial charge in [0.15, 0.2) is 0 Å². The number of likely N-dealkylation sites (N-methyl/N-ethyl adjacent to an activating group) is 1. The zero-order valence-electron chi connectivity index (χ0n) is 10.5. The SMILES string of the molecule is CN(CCN1CCNCC1)C(=O)c1ccc(Cl)s1. The maximum absolute atomic E-state index is 12.1. The lowest BCUT2D eigenvalue weighted by molar-refractivity contribution is 0.0779. The summed E-state index contributed by atoms with van der Waals surface area (Å²) >= 11 is 7.18. The number of rotatable bonds is 4. The predicted octanol–water partition coefficient (Wildman–Crippen LogP) is 1.38. The number of carbonyl (C=O) groups excluding carboxylic acids is 1. The minimum Gasteiger partial charge on any atom is -0.340 e. The zero-order valence-corrected chi connectivity index (χ0v) is 12.1. The Balaban J connectivity index is 1.80. The summed E-state index contributed by atoms with van der Waals surface area (Å²) in [6.07, 6.45) is 0. The van der Waals surface area contributed by atoms with Crippen molar-refractivity contribution < 1.29 is 4.79 Å². The minimum atomic E-state index is 0.0574. The van der Waals surface area contributed by atoms with Gasteiger partial charge in [0.1, 0.15) is 0 Å². The molecule has 1 fully saturated rings. The molecule has 0 aromatic carbocycles. The molecular weight excluding hydrogens is 270 g/mol. The molecule has 1 N–H and O–H groups in total. The van der Waals surface area contributed by atoms with Gasteiger partial charge in [0.2, 0.25) is 0 Å². The highest BCUT2D eigenvalue weighted by Gasteiger charge is 2.15. The van der Waals surface area contributed by atoms with Crippen LogP contribution in [0.25, 0.3) is 0 Å². The lowest BCUT2D eigenvalue weighted by Gasteiger charge is -2.29. The Morgan fingerprint density at radius 2 is 2.22 bits per heavy atom. The molecule has 100 valence electrons. The maximum atomic E-state index is 12.1. The fourth-order valence-corrected chi connectivity index (χ4v) is 2.98. The van der Waals surface area contributed by atoms with Crippen molar-refractivity contribution in [2.24, 2.45) is 0 Å². The fourth-order valence-electron chi connectivity index (χ4n) is 1.95. The molecule has 0 atom stereocenters. The van der Waals surface area contributed by atoms with E-state index in [9.17, 15) is 4.79 Å². The maximum Gasteiger partial charge on any atom is 0.263 e. The van der Waals surface area contributed by atoms with Gasteiger partial charge in [0.05, 0.1) is 9.21 Å². The van der Waals surface area contributed by atoms with E-state index in [4.69, 9.17) is 11.6 Å². The van der Waals surface area contributed by atoms with Gasteiger partial charge in [0, 0.05) is 46.3 Å². The van der Waals surface area contributed by atoms with Crippen molar-refractivity contribution in [3.63, 3.8) is 0 Å². The summed E-state index contributed by atoms with van der Waals surface area (Å²) in [5.74, 6) is 0.0574. The largest absolute Gasteiger partial charge is 0.340 e. The van der Waals surface area contributed by atoms with Crippen LogP contribution in [0.3, 0.4) is 0 Å². The standard InChI is InChI=1S/C12H18ClN3OS/c1-15(8-9-16-6-4-14-5-7-16)12(17)10-2-3-11(13)18-10/h2-3,14H,4-9H2,1H3. The highest BCUT2D eigenvalue weighted by atomic mass is 35.5. The number of nitrogens with zero attached hydrogens (tertiary/aromatic N) is 2. The Morgan fingerprint density at radius 1 is 1.50 bits per heavy atom. The molecule has 0 saturated carbocycles. The first-order valence-electron chi connectivity index (χ1n) is 6.10. The van der Waals surface area contributed by atoms with Crippen molar-refractivity contribution in [2.75, 3.05) is 46.3 Å². The minimum absolute atomic E-state index is 0.0574. The highest BCUT2D eigenvalue weighted by molar-refractivity contribution is 7.17. The summed E-state index contributed by atoms with van der Waals surface area (Å²) in [6, 6.07) is 3.56. The van der Waals surface area contributed by atoms with Crippen LogP contribution in [0.1, 0.15) is 9.67 Å². The van der Waals surface area contributed by atoms with Gasteiger partial charge in [-0.3, -0.25) is 9.69 Å². The van der Waals surface area contributed by atoms with Gasteiger partial charge in [0.25, 0.3) is 5.91 Å². The van der Waals surface area contributed by atoms with E-state index in [1.165, 1.54) is 11.3 Å². The first-order chi connectivity index (χ1) is 8.66. The van der Waals surface area contributed by atoms with Crippen LogP contribution >= 0.6 is 22.9 Å². The van der Waals surface area contributed by atoms with Crippen molar-refractivity contribution in [1.82, 2.24) is 15.1 Å². The van der Waals surface area contributed by atoms with E-state index >= 15 is 0 Å². The Kier molecular flexibility index (Phi) is 5.00. The zero-order chi connectivity index (χ0) is 13.0. The molecule has 6 heteroatoms. The van der Waals surface area contributed by atoms with Gasteiger partial charge in [-0.2, -0.15) is 0 Å². The number of hydrogen-bond donors (Lipinski definition) is 1. The Labute approximate surface area is 117 Å². The molecule has 0 radical (unpaired) electrons. The van der Waals surface area contributed by atoms with Crippen LogP contribution in [-0.2, 0) is 0 Å². The van der Waals surface area contributed by atoms with Crippen LogP contribution in [0.15, 0.2) is 12.1 Å². The van der Waals surface area contributed by atoms with Gasteiger partial charge in [-0.15, -0.1) is 11.3 Å². The molecule has 1 amide bonds. The number of carbonyl (C=O) groups is 1. The quantitative estimate of drug-likeness (QED) is 0.909. The monoisotopic (exact) mass is 287 g/mol. The van der Waals surface area contributed by atoms with E-state index in [1.54, 1.807) is 17.0 Å². The highest BCUT2D eigenvalue weighted by Crippen LogP contribution is 2.22. The molecule has 0 aliphatic carbocycles. The second-order valence-electron chi connectivity index (χ2n) is 4.42. The van der Waals surface area contributed by atoms with Crippen molar-refractivity contribution in [2.45, 2.75) is 0 Å². The first-order valence-corrected chi connectivity index (χ1v) is 7.30. The van der Waals surface area contributed by atoms with Crippen LogP contribution in [-0.4, -0.2) is 62.0 Å². The molecule has 2 rings (SSSR count). The van der Waals surface area contributed by atoms with E-state index < -0.39 is 0 Å². The van der Waals surface area contributed by atoms with Crippen molar-refractivity contribution in [3.05, 3.63) is 21.3 Å². The Hall–Kier alpha value is -0.620. The van der Waals surface area contributed by atoms with Crippen LogP contribution in [0.4, 0.5) is 0 Å². The van der Waals surface area contributed by atoms with Gasteiger partial charge in [-0.05, 0) is 12.1 Å². The third-order valence-corrected chi connectivity index (χ3v) is 4.31. The summed E-state index contributed by atoms with van der Waals surface area (Å²) in [6.45, 7) is 5.90. The van der Waals surface area contributed by atoms with Crippen LogP contribution in [0.2, 0.25) is 4.34 Å². The van der Waals surface area contributed by atoms with Crippen LogP contribution in [0.5, 0.6) is 0 Å². The molecule has 1 aliphatic heterocycles. The molecule has 1 saturated heterocycles. The molecule has 2 heterocycles. The molecular formula is C12H18ClN3OS. The number of piperazine rings is 1. The number of hydrogen-bond acceptors (Lipinski definition) is 4. The summed E-state index contributed by atoms with van der Waals surface area (Å²) in [5.41, 5.74) is 0. The van der Waals surface area contributed by atoms with Gasteiger partial charge in [-0.1, -0.05) is 11.6 Å². The second kappa shape index (κ2) is 6.52. The van der Waals surface area contributed by atoms with Crippen LogP contribution in [0, 0.1) is 0 Å². The third-order valence-electron chi connectivity index (χ3n) is 3.09. The molecule has 1 aromatic rings. The average Bonchev–Trinajstić information content (AvgIpc) is 2.83. The molecule has 1 aromatic heterocycles. The Bertz CT molecular complexity index is 404. The van der Waals surface area contributed by atoms with E-state index in [0.29, 0.717) is 9.21 Å². The molecule has 1 aliphatic rings. The predicted molar refractivity (Wildman–Crippen MR) is 75.6 cm³/mol. The van der Waals surface area contributed by atoms with E-state index in [-0.39, 0.29) is 5.91 Å². The summed E-state index contributed by atoms with van der Waals surface area (Å²) in [5, 5.41) is 3.32.